The molecule has 0 aliphatic heterocycles. The van der Waals surface area contributed by atoms with E-state index in [4.69, 9.17) is 0 Å². The highest BCUT2D eigenvalue weighted by atomic mass is 19.4. The second-order valence-corrected chi connectivity index (χ2v) is 7.77. The summed E-state index contributed by atoms with van der Waals surface area (Å²) in [4.78, 5) is 11.9. The molecule has 0 aromatic carbocycles. The van der Waals surface area contributed by atoms with Crippen LogP contribution in [0.25, 0.3) is 0 Å². The van der Waals surface area contributed by atoms with Gasteiger partial charge < -0.3 is 10.1 Å². The lowest BCUT2D eigenvalue weighted by atomic mass is 9.48. The predicted molar refractivity (Wildman–Crippen MR) is 75.1 cm³/mol. The van der Waals surface area contributed by atoms with Crippen LogP contribution >= 0.6 is 0 Å². The van der Waals surface area contributed by atoms with Crippen LogP contribution in [0.2, 0.25) is 0 Å². The number of alkyl halides is 4. The third kappa shape index (κ3) is 2.65. The van der Waals surface area contributed by atoms with Gasteiger partial charge in [0.1, 0.15) is 0 Å². The molecule has 4 rings (SSSR count). The van der Waals surface area contributed by atoms with E-state index in [1.54, 1.807) is 6.92 Å². The smallest absolute Gasteiger partial charge is 0.348 e. The molecular formula is C16H23F4NO2. The lowest BCUT2D eigenvalue weighted by Gasteiger charge is -2.59. The molecule has 0 spiro atoms. The van der Waals surface area contributed by atoms with Gasteiger partial charge in [-0.15, -0.1) is 0 Å². The number of nitrogens with one attached hydrogen (secondary N) is 1. The molecular weight excluding hydrogens is 314 g/mol. The number of halogens is 4. The van der Waals surface area contributed by atoms with Crippen molar-refractivity contribution in [1.29, 1.82) is 0 Å². The van der Waals surface area contributed by atoms with Gasteiger partial charge in [-0.3, -0.25) is 4.79 Å². The molecule has 4 bridgehead atoms. The molecule has 4 aliphatic rings. The minimum atomic E-state index is -5.40. The summed E-state index contributed by atoms with van der Waals surface area (Å²) >= 11 is 0. The molecule has 0 heterocycles. The van der Waals surface area contributed by atoms with Crippen molar-refractivity contribution in [1.82, 2.24) is 5.32 Å². The van der Waals surface area contributed by atoms with Crippen LogP contribution < -0.4 is 5.32 Å². The number of amides is 1. The second kappa shape index (κ2) is 5.33. The first kappa shape index (κ1) is 17.0. The van der Waals surface area contributed by atoms with Gasteiger partial charge in [0.05, 0.1) is 0 Å². The summed E-state index contributed by atoms with van der Waals surface area (Å²) < 4.78 is 56.3. The Labute approximate surface area is 133 Å². The van der Waals surface area contributed by atoms with Crippen LogP contribution in [0.1, 0.15) is 45.4 Å². The molecule has 2 atom stereocenters. The molecule has 0 aromatic heterocycles. The first-order valence-corrected chi connectivity index (χ1v) is 8.21. The molecule has 1 N–H and O–H groups in total. The van der Waals surface area contributed by atoms with Crippen molar-refractivity contribution < 1.29 is 27.1 Å². The third-order valence-corrected chi connectivity index (χ3v) is 6.29. The van der Waals surface area contributed by atoms with Gasteiger partial charge in [0.15, 0.2) is 0 Å². The number of rotatable bonds is 4. The molecule has 3 nitrogen and oxygen atoms in total. The molecule has 0 radical (unpaired) electrons. The number of ether oxygens (including phenoxy) is 1. The zero-order valence-corrected chi connectivity index (χ0v) is 13.4. The molecule has 0 aromatic rings. The number of carbonyl (C=O) groups excluding carboxylic acids is 1. The quantitative estimate of drug-likeness (QED) is 0.796. The van der Waals surface area contributed by atoms with Gasteiger partial charge >= 0.3 is 12.0 Å². The fourth-order valence-corrected chi connectivity index (χ4v) is 5.49. The molecule has 1 amide bonds. The molecule has 132 valence electrons. The lowest BCUT2D eigenvalue weighted by Crippen LogP contribution is -2.61. The van der Waals surface area contributed by atoms with Gasteiger partial charge in [0.2, 0.25) is 0 Å². The molecule has 0 saturated heterocycles. The molecule has 23 heavy (non-hydrogen) atoms. The summed E-state index contributed by atoms with van der Waals surface area (Å²) in [6.45, 7) is 1.71. The summed E-state index contributed by atoms with van der Waals surface area (Å²) in [7, 11) is 0.558. The van der Waals surface area contributed by atoms with Crippen LogP contribution in [0.3, 0.4) is 0 Å². The molecule has 2 unspecified atom stereocenters. The Hall–Kier alpha value is -0.850. The fraction of sp³-hybridized carbons (Fsp3) is 0.938. The number of hydrogen-bond donors (Lipinski definition) is 1. The van der Waals surface area contributed by atoms with E-state index in [2.05, 4.69) is 10.1 Å². The summed E-state index contributed by atoms with van der Waals surface area (Å²) in [5.74, 6) is -4.23. The van der Waals surface area contributed by atoms with E-state index in [0.717, 1.165) is 19.3 Å². The average Bonchev–Trinajstić information content (AvgIpc) is 2.43. The molecule has 7 heteroatoms. The molecule has 4 aliphatic carbocycles. The van der Waals surface area contributed by atoms with Crippen LogP contribution in [-0.2, 0) is 9.53 Å². The van der Waals surface area contributed by atoms with Gasteiger partial charge in [-0.2, -0.15) is 17.6 Å². The van der Waals surface area contributed by atoms with Crippen molar-refractivity contribution >= 4 is 5.91 Å². The Kier molecular flexibility index (Phi) is 3.93. The van der Waals surface area contributed by atoms with Gasteiger partial charge in [-0.05, 0) is 68.6 Å². The predicted octanol–water partition coefficient (Wildman–Crippen LogP) is 3.58. The highest BCUT2D eigenvalue weighted by Crippen LogP contribution is 2.61. The van der Waals surface area contributed by atoms with E-state index >= 15 is 0 Å². The van der Waals surface area contributed by atoms with Crippen molar-refractivity contribution in [3.63, 3.8) is 0 Å². The maximum atomic E-state index is 14.0. The van der Waals surface area contributed by atoms with Crippen molar-refractivity contribution in [2.75, 3.05) is 7.11 Å². The van der Waals surface area contributed by atoms with E-state index < -0.39 is 24.0 Å². The standard InChI is InChI=1S/C16H23F4NO2/c1-9(21-13(22)15(17,23-2)16(18,19)20)14-6-10-3-11(7-14)5-12(4-10)8-14/h9-12H,3-8H2,1-2H3,(H,21,22). The Morgan fingerprint density at radius 2 is 1.52 bits per heavy atom. The first-order valence-electron chi connectivity index (χ1n) is 8.21. The second-order valence-electron chi connectivity index (χ2n) is 7.77. The largest absolute Gasteiger partial charge is 0.458 e. The van der Waals surface area contributed by atoms with Gasteiger partial charge in [-0.25, -0.2) is 0 Å². The topological polar surface area (TPSA) is 38.3 Å². The van der Waals surface area contributed by atoms with Crippen LogP contribution in [0.5, 0.6) is 0 Å². The van der Waals surface area contributed by atoms with Gasteiger partial charge in [0, 0.05) is 13.2 Å². The Balaban J connectivity index is 1.74. The van der Waals surface area contributed by atoms with Crippen LogP contribution in [0.4, 0.5) is 17.6 Å². The zero-order valence-electron chi connectivity index (χ0n) is 13.4. The Morgan fingerprint density at radius 1 is 1.09 bits per heavy atom. The maximum Gasteiger partial charge on any atom is 0.458 e. The van der Waals surface area contributed by atoms with Gasteiger partial charge in [0.25, 0.3) is 5.91 Å². The molecule has 4 saturated carbocycles. The maximum absolute atomic E-state index is 14.0. The number of carbonyl (C=O) groups is 1. The van der Waals surface area contributed by atoms with E-state index in [1.165, 1.54) is 19.3 Å². The highest BCUT2D eigenvalue weighted by Gasteiger charge is 2.64. The normalized spacial score (nSPS) is 39.8. The summed E-state index contributed by atoms with van der Waals surface area (Å²) in [6.07, 6.45) is 0.915. The van der Waals surface area contributed by atoms with Crippen molar-refractivity contribution in [2.45, 2.75) is 63.5 Å². The zero-order chi connectivity index (χ0) is 17.0. The fourth-order valence-electron chi connectivity index (χ4n) is 5.49. The van der Waals surface area contributed by atoms with E-state index in [-0.39, 0.29) is 5.41 Å². The minimum Gasteiger partial charge on any atom is -0.348 e. The van der Waals surface area contributed by atoms with E-state index in [1.807, 2.05) is 0 Å². The van der Waals surface area contributed by atoms with Crippen LogP contribution in [0, 0.1) is 23.2 Å². The summed E-state index contributed by atoms with van der Waals surface area (Å²) in [5.41, 5.74) is -0.190. The summed E-state index contributed by atoms with van der Waals surface area (Å²) in [5, 5.41) is 2.28. The van der Waals surface area contributed by atoms with Crippen LogP contribution in [-0.4, -0.2) is 31.1 Å². The lowest BCUT2D eigenvalue weighted by molar-refractivity contribution is -0.308. The number of methoxy groups -OCH3 is 1. The average molecular weight is 337 g/mol. The van der Waals surface area contributed by atoms with Crippen molar-refractivity contribution in [3.8, 4) is 0 Å². The monoisotopic (exact) mass is 337 g/mol. The molecule has 4 fully saturated rings. The van der Waals surface area contributed by atoms with E-state index in [9.17, 15) is 22.4 Å². The van der Waals surface area contributed by atoms with Crippen molar-refractivity contribution in [2.24, 2.45) is 23.2 Å². The third-order valence-electron chi connectivity index (χ3n) is 6.29. The van der Waals surface area contributed by atoms with Gasteiger partial charge in [-0.1, -0.05) is 0 Å². The first-order chi connectivity index (χ1) is 10.6. The summed E-state index contributed by atoms with van der Waals surface area (Å²) in [6, 6.07) is -0.490. The minimum absolute atomic E-state index is 0.190. The Bertz CT molecular complexity index is 458. The SMILES string of the molecule is COC(F)(C(=O)NC(C)C12CC3CC(CC(C3)C1)C2)C(F)(F)F. The Morgan fingerprint density at radius 3 is 1.87 bits per heavy atom. The highest BCUT2D eigenvalue weighted by molar-refractivity contribution is 5.84. The van der Waals surface area contributed by atoms with E-state index in [0.29, 0.717) is 24.9 Å². The number of hydrogen-bond acceptors (Lipinski definition) is 2. The van der Waals surface area contributed by atoms with Crippen molar-refractivity contribution in [3.05, 3.63) is 0 Å². The van der Waals surface area contributed by atoms with Crippen LogP contribution in [0.15, 0.2) is 0 Å².